The van der Waals surface area contributed by atoms with E-state index in [1.54, 1.807) is 18.2 Å². The van der Waals surface area contributed by atoms with Crippen molar-refractivity contribution in [2.75, 3.05) is 4.90 Å². The zero-order valence-corrected chi connectivity index (χ0v) is 11.8. The second-order valence-electron chi connectivity index (χ2n) is 5.60. The van der Waals surface area contributed by atoms with Crippen LogP contribution >= 0.6 is 0 Å². The molecular formula is C16H13NO5. The Morgan fingerprint density at radius 1 is 1.14 bits per heavy atom. The molecule has 1 aromatic carbocycles. The summed E-state index contributed by atoms with van der Waals surface area (Å²) in [6.07, 6.45) is 3.06. The van der Waals surface area contributed by atoms with Crippen LogP contribution in [0, 0.1) is 11.8 Å². The fourth-order valence-corrected chi connectivity index (χ4v) is 3.41. The van der Waals surface area contributed by atoms with Crippen LogP contribution in [0.5, 0.6) is 5.75 Å². The Morgan fingerprint density at radius 3 is 2.36 bits per heavy atom. The van der Waals surface area contributed by atoms with E-state index < -0.39 is 17.8 Å². The molecule has 6 heteroatoms. The summed E-state index contributed by atoms with van der Waals surface area (Å²) in [5, 5.41) is 0. The minimum atomic E-state index is -0.455. The Balaban J connectivity index is 1.68. The largest absolute Gasteiger partial charge is 0.427 e. The van der Waals surface area contributed by atoms with Crippen LogP contribution in [-0.4, -0.2) is 30.0 Å². The number of fused-ring (bicyclic) bond motifs is 5. The highest BCUT2D eigenvalue weighted by Crippen LogP contribution is 2.46. The maximum absolute atomic E-state index is 12.6. The Kier molecular flexibility index (Phi) is 2.71. The second kappa shape index (κ2) is 4.51. The van der Waals surface area contributed by atoms with Gasteiger partial charge in [0.05, 0.1) is 29.7 Å². The Hall–Kier alpha value is -2.47. The van der Waals surface area contributed by atoms with Crippen molar-refractivity contribution in [1.29, 1.82) is 0 Å². The van der Waals surface area contributed by atoms with Crippen LogP contribution in [-0.2, 0) is 19.1 Å². The van der Waals surface area contributed by atoms with Gasteiger partial charge in [-0.1, -0.05) is 18.2 Å². The summed E-state index contributed by atoms with van der Waals surface area (Å²) in [6, 6.07) is 6.42. The lowest BCUT2D eigenvalue weighted by molar-refractivity contribution is -0.132. The van der Waals surface area contributed by atoms with E-state index >= 15 is 0 Å². The molecule has 6 nitrogen and oxygen atoms in total. The molecule has 0 radical (unpaired) electrons. The van der Waals surface area contributed by atoms with E-state index in [9.17, 15) is 14.4 Å². The number of nitrogens with zero attached hydrogens (tertiary/aromatic N) is 1. The summed E-state index contributed by atoms with van der Waals surface area (Å²) in [4.78, 5) is 37.4. The number of amides is 2. The first kappa shape index (κ1) is 13.2. The molecule has 0 spiro atoms. The van der Waals surface area contributed by atoms with Crippen LogP contribution in [0.2, 0.25) is 0 Å². The van der Waals surface area contributed by atoms with Crippen LogP contribution in [0.25, 0.3) is 0 Å². The molecule has 2 fully saturated rings. The predicted molar refractivity (Wildman–Crippen MR) is 75.0 cm³/mol. The van der Waals surface area contributed by atoms with Gasteiger partial charge in [0.15, 0.2) is 0 Å². The predicted octanol–water partition coefficient (Wildman–Crippen LogP) is 1.05. The molecule has 0 saturated carbocycles. The molecule has 0 unspecified atom stereocenters. The highest BCUT2D eigenvalue weighted by molar-refractivity contribution is 6.23. The molecule has 2 saturated heterocycles. The lowest BCUT2D eigenvalue weighted by Crippen LogP contribution is -2.34. The van der Waals surface area contributed by atoms with Crippen molar-refractivity contribution < 1.29 is 23.9 Å². The number of ether oxygens (including phenoxy) is 2. The average molecular weight is 299 g/mol. The van der Waals surface area contributed by atoms with Crippen LogP contribution in [0.15, 0.2) is 36.4 Å². The molecule has 22 heavy (non-hydrogen) atoms. The van der Waals surface area contributed by atoms with Crippen LogP contribution < -0.4 is 9.64 Å². The molecule has 2 bridgehead atoms. The van der Waals surface area contributed by atoms with Crippen LogP contribution in [0.1, 0.15) is 6.92 Å². The van der Waals surface area contributed by atoms with Gasteiger partial charge in [0.2, 0.25) is 11.8 Å². The summed E-state index contributed by atoms with van der Waals surface area (Å²) in [5.74, 6) is -1.55. The highest BCUT2D eigenvalue weighted by Gasteiger charge is 2.61. The second-order valence-corrected chi connectivity index (χ2v) is 5.60. The fraction of sp³-hybridized carbons (Fsp3) is 0.312. The molecule has 3 aliphatic heterocycles. The molecule has 3 heterocycles. The van der Waals surface area contributed by atoms with Gasteiger partial charge in [-0.15, -0.1) is 0 Å². The maximum Gasteiger partial charge on any atom is 0.308 e. The third-order valence-electron chi connectivity index (χ3n) is 4.25. The molecule has 3 aliphatic rings. The first-order valence-corrected chi connectivity index (χ1v) is 7.06. The summed E-state index contributed by atoms with van der Waals surface area (Å²) in [5.41, 5.74) is 0.419. The van der Waals surface area contributed by atoms with Crippen molar-refractivity contribution in [2.45, 2.75) is 19.1 Å². The van der Waals surface area contributed by atoms with Crippen molar-refractivity contribution >= 4 is 23.5 Å². The van der Waals surface area contributed by atoms with E-state index in [1.165, 1.54) is 17.9 Å². The number of hydrogen-bond acceptors (Lipinski definition) is 5. The topological polar surface area (TPSA) is 72.9 Å². The molecule has 4 rings (SSSR count). The number of anilines is 1. The van der Waals surface area contributed by atoms with Crippen molar-refractivity contribution in [1.82, 2.24) is 0 Å². The van der Waals surface area contributed by atoms with Crippen molar-refractivity contribution in [3.8, 4) is 5.75 Å². The van der Waals surface area contributed by atoms with Gasteiger partial charge in [0, 0.05) is 13.0 Å². The highest BCUT2D eigenvalue weighted by atomic mass is 16.5. The van der Waals surface area contributed by atoms with Crippen molar-refractivity contribution in [3.63, 3.8) is 0 Å². The molecule has 0 aliphatic carbocycles. The zero-order chi connectivity index (χ0) is 15.4. The molecule has 1 aromatic rings. The van der Waals surface area contributed by atoms with E-state index in [0.29, 0.717) is 11.4 Å². The molecule has 2 amide bonds. The third-order valence-corrected chi connectivity index (χ3v) is 4.25. The van der Waals surface area contributed by atoms with Gasteiger partial charge < -0.3 is 9.47 Å². The van der Waals surface area contributed by atoms with Gasteiger partial charge in [-0.2, -0.15) is 0 Å². The van der Waals surface area contributed by atoms with Gasteiger partial charge in [-0.05, 0) is 12.1 Å². The molecule has 0 N–H and O–H groups in total. The fourth-order valence-electron chi connectivity index (χ4n) is 3.41. The average Bonchev–Trinajstić information content (AvgIpc) is 3.12. The molecule has 112 valence electrons. The van der Waals surface area contributed by atoms with E-state index in [-0.39, 0.29) is 24.0 Å². The van der Waals surface area contributed by atoms with Gasteiger partial charge in [0.25, 0.3) is 0 Å². The Bertz CT molecular complexity index is 695. The summed E-state index contributed by atoms with van der Waals surface area (Å²) in [7, 11) is 0. The minimum absolute atomic E-state index is 0.258. The number of hydrogen-bond donors (Lipinski definition) is 0. The van der Waals surface area contributed by atoms with Crippen molar-refractivity contribution in [3.05, 3.63) is 36.4 Å². The summed E-state index contributed by atoms with van der Waals surface area (Å²) >= 11 is 0. The van der Waals surface area contributed by atoms with Gasteiger partial charge in [0.1, 0.15) is 5.75 Å². The number of rotatable bonds is 2. The molecule has 0 aromatic heterocycles. The first-order chi connectivity index (χ1) is 10.6. The summed E-state index contributed by atoms with van der Waals surface area (Å²) < 4.78 is 10.6. The number of esters is 1. The van der Waals surface area contributed by atoms with Gasteiger partial charge in [-0.25, -0.2) is 4.90 Å². The SMILES string of the molecule is CC(=O)Oc1cccc(N2C(=O)[C@@H]3[C@H](C2=O)[C@H]2C=C[C@@H]3O2)c1. The first-order valence-electron chi connectivity index (χ1n) is 7.06. The van der Waals surface area contributed by atoms with Gasteiger partial charge >= 0.3 is 5.97 Å². The van der Waals surface area contributed by atoms with E-state index in [1.807, 2.05) is 12.2 Å². The number of benzene rings is 1. The lowest BCUT2D eigenvalue weighted by Gasteiger charge is -2.18. The quantitative estimate of drug-likeness (QED) is 0.353. The van der Waals surface area contributed by atoms with Gasteiger partial charge in [-0.3, -0.25) is 14.4 Å². The van der Waals surface area contributed by atoms with Crippen LogP contribution in [0.3, 0.4) is 0 Å². The molecule has 4 atom stereocenters. The zero-order valence-electron chi connectivity index (χ0n) is 11.8. The Labute approximate surface area is 126 Å². The number of carbonyl (C=O) groups is 3. The van der Waals surface area contributed by atoms with E-state index in [2.05, 4.69) is 0 Å². The van der Waals surface area contributed by atoms with Crippen LogP contribution in [0.4, 0.5) is 5.69 Å². The third kappa shape index (κ3) is 1.74. The van der Waals surface area contributed by atoms with E-state index in [0.717, 1.165) is 0 Å². The maximum atomic E-state index is 12.6. The smallest absolute Gasteiger partial charge is 0.308 e. The molecular weight excluding hydrogens is 286 g/mol. The standard InChI is InChI=1S/C16H13NO5/c1-8(18)21-10-4-2-3-9(7-10)17-15(19)13-11-5-6-12(22-11)14(13)16(17)20/h2-7,11-14H,1H3/t11-,12+,13-,14+. The Morgan fingerprint density at radius 2 is 1.77 bits per heavy atom. The van der Waals surface area contributed by atoms with Crippen molar-refractivity contribution in [2.24, 2.45) is 11.8 Å². The minimum Gasteiger partial charge on any atom is -0.427 e. The van der Waals surface area contributed by atoms with E-state index in [4.69, 9.17) is 9.47 Å². The number of carbonyl (C=O) groups excluding carboxylic acids is 3. The monoisotopic (exact) mass is 299 g/mol. The lowest BCUT2D eigenvalue weighted by atomic mass is 9.85. The summed E-state index contributed by atoms with van der Waals surface area (Å²) in [6.45, 7) is 1.30. The normalized spacial score (nSPS) is 31.8. The number of imide groups is 1.